The molecule has 3 aromatic heterocycles. The number of hydrogen-bond acceptors (Lipinski definition) is 29. The maximum Gasteiger partial charge on any atom is 0.296 e. The van der Waals surface area contributed by atoms with Gasteiger partial charge in [-0.1, -0.05) is 23.5 Å². The van der Waals surface area contributed by atoms with E-state index in [1.54, 1.807) is 0 Å². The maximum atomic E-state index is 12.6. The summed E-state index contributed by atoms with van der Waals surface area (Å²) in [6.45, 7) is 0. The van der Waals surface area contributed by atoms with Crippen molar-refractivity contribution in [2.45, 2.75) is 29.9 Å². The molecule has 0 aliphatic carbocycles. The molecule has 31 nitrogen and oxygen atoms in total. The third kappa shape index (κ3) is 12.3. The molecule has 0 atom stereocenters. The summed E-state index contributed by atoms with van der Waals surface area (Å²) < 4.78 is 141. The molecule has 0 saturated heterocycles. The van der Waals surface area contributed by atoms with Crippen LogP contribution >= 0.6 is 35.1 Å². The van der Waals surface area contributed by atoms with Gasteiger partial charge < -0.3 is 33.6 Å². The molecule has 3 heterocycles. The summed E-state index contributed by atoms with van der Waals surface area (Å²) >= 11 is 7.72. The highest BCUT2D eigenvalue weighted by molar-refractivity contribution is 7.99. The second-order valence-corrected chi connectivity index (χ2v) is 19.4. The number of nitrogen functional groups attached to an aromatic ring is 4. The van der Waals surface area contributed by atoms with Crippen LogP contribution < -0.4 is 33.6 Å². The lowest BCUT2D eigenvalue weighted by Crippen LogP contribution is -2.11. The molecule has 0 aliphatic heterocycles. The zero-order valence-corrected chi connectivity index (χ0v) is 36.9. The largest absolute Gasteiger partial charge is 0.382 e. The minimum atomic E-state index is -5.39. The first-order valence-corrected chi connectivity index (χ1v) is 24.2. The Morgan fingerprint density at radius 1 is 0.538 bits per heavy atom. The van der Waals surface area contributed by atoms with Crippen LogP contribution in [-0.2, 0) is 40.5 Å². The highest BCUT2D eigenvalue weighted by Gasteiger charge is 2.28. The zero-order chi connectivity index (χ0) is 48.2. The van der Waals surface area contributed by atoms with Crippen molar-refractivity contribution in [1.82, 2.24) is 34.9 Å². The Labute approximate surface area is 377 Å². The fraction of sp³-hybridized carbons (Fsp3) is 0.0741. The third-order valence-corrected chi connectivity index (χ3v) is 12.4. The molecular formula is C27H22ClN19O12S6. The topological polar surface area (TPSA) is 533 Å². The van der Waals surface area contributed by atoms with Crippen molar-refractivity contribution < 1.29 is 51.9 Å². The summed E-state index contributed by atoms with van der Waals surface area (Å²) in [5, 5.41) is 35.6. The molecule has 5 rings (SSSR count). The number of halogens is 1. The smallest absolute Gasteiger partial charge is 0.296 e. The van der Waals surface area contributed by atoms with Crippen LogP contribution in [0.15, 0.2) is 74.6 Å². The number of aromatic nitrogens is 7. The Morgan fingerprint density at radius 2 is 0.862 bits per heavy atom. The fourth-order valence-electron chi connectivity index (χ4n) is 4.66. The van der Waals surface area contributed by atoms with Gasteiger partial charge in [0.1, 0.15) is 31.0 Å². The molecule has 340 valence electrons. The molecule has 5 aromatic rings. The quantitative estimate of drug-likeness (QED) is 0.0294. The summed E-state index contributed by atoms with van der Waals surface area (Å²) in [4.78, 5) is 22.0. The summed E-state index contributed by atoms with van der Waals surface area (Å²) in [5.41, 5.74) is 18.8. The van der Waals surface area contributed by atoms with Crippen LogP contribution in [0.2, 0.25) is 5.28 Å². The number of nitriles is 2. The van der Waals surface area contributed by atoms with Gasteiger partial charge >= 0.3 is 0 Å². The van der Waals surface area contributed by atoms with Gasteiger partial charge in [0.15, 0.2) is 45.0 Å². The Balaban J connectivity index is 1.58. The van der Waals surface area contributed by atoms with E-state index in [-0.39, 0.29) is 21.8 Å². The highest BCUT2D eigenvalue weighted by atomic mass is 35.5. The van der Waals surface area contributed by atoms with Crippen LogP contribution in [-0.4, -0.2) is 98.3 Å². The van der Waals surface area contributed by atoms with Crippen LogP contribution in [0.3, 0.4) is 0 Å². The van der Waals surface area contributed by atoms with Gasteiger partial charge in [-0.15, -0.1) is 20.5 Å². The minimum absolute atomic E-state index is 0.0425. The first kappa shape index (κ1) is 49.2. The molecule has 0 saturated carbocycles. The van der Waals surface area contributed by atoms with Crippen LogP contribution in [0.4, 0.5) is 69.3 Å². The molecule has 65 heavy (non-hydrogen) atoms. The average Bonchev–Trinajstić information content (AvgIpc) is 3.17. The number of benzene rings is 2. The van der Waals surface area contributed by atoms with Crippen molar-refractivity contribution >= 4 is 145 Å². The van der Waals surface area contributed by atoms with Crippen molar-refractivity contribution in [1.29, 1.82) is 10.5 Å². The second-order valence-electron chi connectivity index (χ2n) is 11.6. The van der Waals surface area contributed by atoms with E-state index in [1.807, 2.05) is 12.1 Å². The van der Waals surface area contributed by atoms with E-state index >= 15 is 0 Å². The highest BCUT2D eigenvalue weighted by Crippen LogP contribution is 2.40. The van der Waals surface area contributed by atoms with E-state index in [0.29, 0.717) is 24.3 Å². The van der Waals surface area contributed by atoms with E-state index in [2.05, 4.69) is 66.0 Å². The number of rotatable bonds is 16. The molecule has 0 radical (unpaired) electrons. The number of anilines is 8. The predicted octanol–water partition coefficient (Wildman–Crippen LogP) is 2.97. The van der Waals surface area contributed by atoms with Gasteiger partial charge in [-0.05, 0) is 35.9 Å². The molecule has 38 heteroatoms. The van der Waals surface area contributed by atoms with E-state index in [9.17, 15) is 51.9 Å². The summed E-state index contributed by atoms with van der Waals surface area (Å²) in [6, 6.07) is 5.31. The number of azo groups is 2. The lowest BCUT2D eigenvalue weighted by Gasteiger charge is -2.14. The normalized spacial score (nSPS) is 12.3. The molecule has 2 aromatic carbocycles. The number of nitrogens with zero attached hydrogens (tertiary/aromatic N) is 13. The summed E-state index contributed by atoms with van der Waals surface area (Å²) in [7, 11) is -21.5. The van der Waals surface area contributed by atoms with Gasteiger partial charge in [0, 0.05) is 0 Å². The summed E-state index contributed by atoms with van der Waals surface area (Å²) in [6.07, 6.45) is 0. The SMILES string of the molecule is N#CCSc1nc(N)c(/N=N/c2cc(S(=O)(=O)O)c(Nc3nc(Cl)nc(Nc4cc(S(=O)(=O)O)c(/N=N/c5c(N)nc(SCC#N)nc5N)cc4S(=O)(=O)O)n3)cc2S(=O)(=O)O)c(N)n1. The van der Waals surface area contributed by atoms with Gasteiger partial charge in [0.25, 0.3) is 40.5 Å². The predicted molar refractivity (Wildman–Crippen MR) is 226 cm³/mol. The van der Waals surface area contributed by atoms with Crippen molar-refractivity contribution in [3.63, 3.8) is 0 Å². The molecular weight excluding hydrogens is 1010 g/mol. The van der Waals surface area contributed by atoms with Gasteiger partial charge in [0.05, 0.1) is 35.0 Å². The van der Waals surface area contributed by atoms with Crippen molar-refractivity contribution in [3.05, 3.63) is 29.5 Å². The van der Waals surface area contributed by atoms with Gasteiger partial charge in [0.2, 0.25) is 17.2 Å². The molecule has 0 bridgehead atoms. The molecule has 0 unspecified atom stereocenters. The van der Waals surface area contributed by atoms with Crippen LogP contribution in [0.25, 0.3) is 0 Å². The first-order valence-electron chi connectivity index (χ1n) is 16.1. The van der Waals surface area contributed by atoms with Crippen LogP contribution in [0, 0.1) is 22.7 Å². The molecule has 0 fully saturated rings. The fourth-order valence-corrected chi connectivity index (χ4v) is 8.42. The van der Waals surface area contributed by atoms with E-state index in [0.717, 1.165) is 23.5 Å². The number of nitrogens with one attached hydrogen (secondary N) is 2. The van der Waals surface area contributed by atoms with Crippen LogP contribution in [0.1, 0.15) is 0 Å². The van der Waals surface area contributed by atoms with E-state index in [1.165, 1.54) is 0 Å². The van der Waals surface area contributed by atoms with E-state index in [4.69, 9.17) is 45.1 Å². The van der Waals surface area contributed by atoms with Crippen molar-refractivity contribution in [3.8, 4) is 12.1 Å². The van der Waals surface area contributed by atoms with Crippen molar-refractivity contribution in [2.24, 2.45) is 20.5 Å². The Morgan fingerprint density at radius 3 is 1.15 bits per heavy atom. The minimum Gasteiger partial charge on any atom is -0.382 e. The Hall–Kier alpha value is -6.78. The number of hydrogen-bond donors (Lipinski definition) is 10. The summed E-state index contributed by atoms with van der Waals surface area (Å²) in [5.74, 6) is -3.52. The lowest BCUT2D eigenvalue weighted by atomic mass is 10.3. The second kappa shape index (κ2) is 19.1. The van der Waals surface area contributed by atoms with Gasteiger partial charge in [-0.25, -0.2) is 19.9 Å². The molecule has 0 aliphatic rings. The Kier molecular flexibility index (Phi) is 14.5. The van der Waals surface area contributed by atoms with E-state index < -0.39 is 135 Å². The number of nitrogens with two attached hydrogens (primary N) is 4. The Bertz CT molecular complexity index is 3120. The van der Waals surface area contributed by atoms with Crippen LogP contribution in [0.5, 0.6) is 0 Å². The zero-order valence-electron chi connectivity index (χ0n) is 31.2. The van der Waals surface area contributed by atoms with Crippen molar-refractivity contribution in [2.75, 3.05) is 45.1 Å². The molecule has 14 N–H and O–H groups in total. The third-order valence-electron chi connectivity index (χ3n) is 7.22. The van der Waals surface area contributed by atoms with Gasteiger partial charge in [-0.3, -0.25) is 18.2 Å². The maximum absolute atomic E-state index is 12.6. The monoisotopic (exact) mass is 1030 g/mol. The average molecular weight is 1030 g/mol. The van der Waals surface area contributed by atoms with Gasteiger partial charge in [-0.2, -0.15) is 59.1 Å². The lowest BCUT2D eigenvalue weighted by molar-refractivity contribution is 0.479. The molecule has 0 spiro atoms. The molecule has 0 amide bonds. The number of thioether (sulfide) groups is 2. The standard InChI is InChI=1S/C27H22ClN19O12S6/c28-23-41-24(35-9-5-15(64(54,55)56)11(7-13(9)62(48,49)50)44-46-17-19(31)37-26(38-20(17)32)60-3-1-29)43-25(42-23)36-10-6-16(65(57,58)59)12(8-14(10)63(51,52)53)45-47-18-21(33)39-27(40-22(18)34)61-4-2-30/h5-8H,3-4H2,(H,48,49,50)(H,51,52,53)(H,54,55,56)(H,57,58,59)(H4,31,32,37,38)(H4,33,34,39,40)(H2,35,36,41,42,43)/b46-44+,47-45+. The first-order chi connectivity index (χ1) is 30.2.